The maximum Gasteiger partial charge on any atom is 0.181 e. The van der Waals surface area contributed by atoms with Gasteiger partial charge in [-0.05, 0) is 6.92 Å². The van der Waals surface area contributed by atoms with Crippen LogP contribution in [0.1, 0.15) is 12.5 Å². The van der Waals surface area contributed by atoms with Crippen LogP contribution in [0.15, 0.2) is 47.3 Å². The highest BCUT2D eigenvalue weighted by molar-refractivity contribution is 5.64. The van der Waals surface area contributed by atoms with E-state index in [0.29, 0.717) is 11.3 Å². The molecular weight excluding hydrogens is 193 g/mol. The molecule has 2 nitrogen and oxygen atoms in total. The topological polar surface area (TPSA) is 26.0 Å². The lowest BCUT2D eigenvalue weighted by Crippen LogP contribution is -1.78. The first-order valence-electron chi connectivity index (χ1n) is 4.62. The van der Waals surface area contributed by atoms with Gasteiger partial charge in [0, 0.05) is 11.1 Å². The first kappa shape index (κ1) is 9.65. The molecule has 2 rings (SSSR count). The summed E-state index contributed by atoms with van der Waals surface area (Å²) >= 11 is 0. The number of rotatable bonds is 2. The minimum atomic E-state index is -0.223. The van der Waals surface area contributed by atoms with Crippen molar-refractivity contribution in [3.63, 3.8) is 0 Å². The van der Waals surface area contributed by atoms with E-state index in [-0.39, 0.29) is 5.83 Å². The van der Waals surface area contributed by atoms with Crippen LogP contribution >= 0.6 is 0 Å². The van der Waals surface area contributed by atoms with Gasteiger partial charge in [-0.2, -0.15) is 0 Å². The Kier molecular flexibility index (Phi) is 2.63. The number of aromatic nitrogens is 1. The molecule has 0 atom stereocenters. The van der Waals surface area contributed by atoms with Crippen molar-refractivity contribution >= 4 is 5.83 Å². The minimum Gasteiger partial charge on any atom is -0.444 e. The van der Waals surface area contributed by atoms with Gasteiger partial charge in [0.1, 0.15) is 5.83 Å². The Hall–Kier alpha value is -1.90. The lowest BCUT2D eigenvalue weighted by Gasteiger charge is -1.99. The molecule has 0 unspecified atom stereocenters. The van der Waals surface area contributed by atoms with Crippen LogP contribution in [-0.2, 0) is 0 Å². The summed E-state index contributed by atoms with van der Waals surface area (Å²) in [6.07, 6.45) is 4.43. The summed E-state index contributed by atoms with van der Waals surface area (Å²) in [5.41, 5.74) is 1.46. The van der Waals surface area contributed by atoms with Crippen LogP contribution in [-0.4, -0.2) is 4.98 Å². The molecular formula is C12H10FNO. The molecule has 0 saturated heterocycles. The van der Waals surface area contributed by atoms with Crippen molar-refractivity contribution in [2.75, 3.05) is 0 Å². The fourth-order valence-corrected chi connectivity index (χ4v) is 1.32. The Balaban J connectivity index is 2.33. The number of nitrogens with zero attached hydrogens (tertiary/aromatic N) is 1. The summed E-state index contributed by atoms with van der Waals surface area (Å²) in [4.78, 5) is 3.82. The van der Waals surface area contributed by atoms with Gasteiger partial charge in [0.25, 0.3) is 0 Å². The molecule has 0 aliphatic carbocycles. The Morgan fingerprint density at radius 3 is 2.60 bits per heavy atom. The summed E-state index contributed by atoms with van der Waals surface area (Å²) in [6.45, 7) is 1.67. The van der Waals surface area contributed by atoms with E-state index in [0.717, 1.165) is 5.56 Å². The smallest absolute Gasteiger partial charge is 0.181 e. The largest absolute Gasteiger partial charge is 0.444 e. The predicted octanol–water partition coefficient (Wildman–Crippen LogP) is 3.67. The predicted molar refractivity (Wildman–Crippen MR) is 56.7 cm³/mol. The van der Waals surface area contributed by atoms with E-state index in [2.05, 4.69) is 4.98 Å². The summed E-state index contributed by atoms with van der Waals surface area (Å²) in [6, 6.07) is 7.04. The molecule has 0 aliphatic rings. The normalized spacial score (nSPS) is 11.7. The number of oxazole rings is 1. The molecule has 0 fully saturated rings. The van der Waals surface area contributed by atoms with E-state index in [1.807, 2.05) is 0 Å². The summed E-state index contributed by atoms with van der Waals surface area (Å²) in [5.74, 6) is 0.460. The van der Waals surface area contributed by atoms with Crippen LogP contribution < -0.4 is 0 Å². The first-order valence-corrected chi connectivity index (χ1v) is 4.62. The van der Waals surface area contributed by atoms with Crippen LogP contribution in [0.5, 0.6) is 0 Å². The molecule has 15 heavy (non-hydrogen) atoms. The van der Waals surface area contributed by atoms with E-state index >= 15 is 0 Å². The van der Waals surface area contributed by atoms with Gasteiger partial charge in [-0.15, -0.1) is 0 Å². The van der Waals surface area contributed by atoms with E-state index < -0.39 is 0 Å². The van der Waals surface area contributed by atoms with Crippen molar-refractivity contribution in [1.29, 1.82) is 0 Å². The third-order valence-corrected chi connectivity index (χ3v) is 2.13. The number of halogens is 1. The molecule has 0 spiro atoms. The van der Waals surface area contributed by atoms with Gasteiger partial charge in [-0.25, -0.2) is 9.37 Å². The molecule has 2 aromatic rings. The Bertz CT molecular complexity index is 457. The van der Waals surface area contributed by atoms with Gasteiger partial charge in [0.05, 0.1) is 6.20 Å². The molecule has 1 heterocycles. The first-order chi connectivity index (χ1) is 7.31. The molecule has 0 aliphatic heterocycles. The maximum absolute atomic E-state index is 13.2. The summed E-state index contributed by atoms with van der Waals surface area (Å²) in [7, 11) is 0. The zero-order chi connectivity index (χ0) is 10.7. The Morgan fingerprint density at radius 1 is 1.33 bits per heavy atom. The molecule has 1 aromatic carbocycles. The van der Waals surface area contributed by atoms with Gasteiger partial charge in [0.2, 0.25) is 0 Å². The lowest BCUT2D eigenvalue weighted by molar-refractivity contribution is 0.572. The van der Waals surface area contributed by atoms with Crippen molar-refractivity contribution < 1.29 is 8.81 Å². The Labute approximate surface area is 87.1 Å². The van der Waals surface area contributed by atoms with Gasteiger partial charge in [-0.1, -0.05) is 30.3 Å². The maximum atomic E-state index is 13.2. The van der Waals surface area contributed by atoms with Gasteiger partial charge < -0.3 is 4.42 Å². The van der Waals surface area contributed by atoms with E-state index in [9.17, 15) is 4.39 Å². The molecule has 1 aromatic heterocycles. The minimum absolute atomic E-state index is 0.223. The van der Waals surface area contributed by atoms with Crippen LogP contribution in [0.4, 0.5) is 4.39 Å². The van der Waals surface area contributed by atoms with E-state index in [4.69, 9.17) is 4.42 Å². The highest BCUT2D eigenvalue weighted by atomic mass is 19.1. The SMILES string of the molecule is C/C=C(/F)c1ccc(-c2cnco2)cc1. The molecule has 0 bridgehead atoms. The van der Waals surface area contributed by atoms with Crippen LogP contribution in [0.25, 0.3) is 17.2 Å². The molecule has 0 saturated carbocycles. The number of allylic oxidation sites excluding steroid dienone is 1. The second-order valence-corrected chi connectivity index (χ2v) is 3.08. The van der Waals surface area contributed by atoms with Crippen molar-refractivity contribution in [3.8, 4) is 11.3 Å². The van der Waals surface area contributed by atoms with Crippen molar-refractivity contribution in [3.05, 3.63) is 48.5 Å². The van der Waals surface area contributed by atoms with Crippen molar-refractivity contribution in [1.82, 2.24) is 4.98 Å². The highest BCUT2D eigenvalue weighted by Gasteiger charge is 2.02. The zero-order valence-corrected chi connectivity index (χ0v) is 8.27. The van der Waals surface area contributed by atoms with Crippen molar-refractivity contribution in [2.24, 2.45) is 0 Å². The highest BCUT2D eigenvalue weighted by Crippen LogP contribution is 2.22. The molecule has 0 N–H and O–H groups in total. The third kappa shape index (κ3) is 1.96. The quantitative estimate of drug-likeness (QED) is 0.744. The summed E-state index contributed by atoms with van der Waals surface area (Å²) in [5, 5.41) is 0. The average molecular weight is 203 g/mol. The number of hydrogen-bond acceptors (Lipinski definition) is 2. The average Bonchev–Trinajstić information content (AvgIpc) is 2.82. The molecule has 76 valence electrons. The standard InChI is InChI=1S/C12H10FNO/c1-2-11(13)9-3-5-10(6-4-9)12-7-14-8-15-12/h2-8H,1H3/b11-2+. The molecule has 3 heteroatoms. The monoisotopic (exact) mass is 203 g/mol. The van der Waals surface area contributed by atoms with E-state index in [1.165, 1.54) is 12.5 Å². The fraction of sp³-hybridized carbons (Fsp3) is 0.0833. The second kappa shape index (κ2) is 4.09. The van der Waals surface area contributed by atoms with Gasteiger partial charge >= 0.3 is 0 Å². The van der Waals surface area contributed by atoms with Crippen LogP contribution in [0, 0.1) is 0 Å². The van der Waals surface area contributed by atoms with Gasteiger partial charge in [-0.3, -0.25) is 0 Å². The Morgan fingerprint density at radius 2 is 2.07 bits per heavy atom. The number of benzene rings is 1. The number of hydrogen-bond donors (Lipinski definition) is 0. The third-order valence-electron chi connectivity index (χ3n) is 2.13. The fourth-order valence-electron chi connectivity index (χ4n) is 1.32. The molecule has 0 radical (unpaired) electrons. The summed E-state index contributed by atoms with van der Waals surface area (Å²) < 4.78 is 18.3. The zero-order valence-electron chi connectivity index (χ0n) is 8.27. The lowest BCUT2D eigenvalue weighted by atomic mass is 10.1. The second-order valence-electron chi connectivity index (χ2n) is 3.08. The van der Waals surface area contributed by atoms with Crippen LogP contribution in [0.2, 0.25) is 0 Å². The molecule has 0 amide bonds. The van der Waals surface area contributed by atoms with Gasteiger partial charge in [0.15, 0.2) is 12.2 Å². The van der Waals surface area contributed by atoms with E-state index in [1.54, 1.807) is 37.4 Å². The van der Waals surface area contributed by atoms with Crippen LogP contribution in [0.3, 0.4) is 0 Å². The van der Waals surface area contributed by atoms with Crippen molar-refractivity contribution in [2.45, 2.75) is 6.92 Å².